The number of aromatic nitrogens is 3. The van der Waals surface area contributed by atoms with Gasteiger partial charge in [0.05, 0.1) is 5.41 Å². The topological polar surface area (TPSA) is 38.7 Å². The van der Waals surface area contributed by atoms with Crippen molar-refractivity contribution >= 4 is 43.3 Å². The van der Waals surface area contributed by atoms with E-state index in [2.05, 4.69) is 146 Å². The van der Waals surface area contributed by atoms with Crippen LogP contribution in [0.25, 0.3) is 65.5 Å². The van der Waals surface area contributed by atoms with Crippen LogP contribution in [0, 0.1) is 0 Å². The lowest BCUT2D eigenvalue weighted by Crippen LogP contribution is -2.31. The van der Waals surface area contributed by atoms with E-state index in [4.69, 9.17) is 15.0 Å². The molecule has 11 rings (SSSR count). The molecular formula is C46H27N3S2. The van der Waals surface area contributed by atoms with Crippen molar-refractivity contribution in [2.45, 2.75) is 15.2 Å². The molecule has 0 N–H and O–H groups in total. The SMILES string of the molecule is c1ccc(-c2nc(-c3ccc4c(c3)Sc3ccccc3C43c4ccccc4-c4ccccc43)nc(-c3ccc4c(c3)sc3ccccc34)n2)cc1. The van der Waals surface area contributed by atoms with E-state index >= 15 is 0 Å². The molecule has 0 unspecified atom stereocenters. The highest BCUT2D eigenvalue weighted by atomic mass is 32.2. The molecule has 3 nitrogen and oxygen atoms in total. The summed E-state index contributed by atoms with van der Waals surface area (Å²) in [5, 5.41) is 2.54. The third-order valence-corrected chi connectivity index (χ3v) is 12.7. The molecule has 0 saturated carbocycles. The molecule has 1 aliphatic carbocycles. The molecule has 0 amide bonds. The van der Waals surface area contributed by atoms with Crippen LogP contribution in [0.1, 0.15) is 22.3 Å². The molecule has 1 aliphatic heterocycles. The van der Waals surface area contributed by atoms with Gasteiger partial charge in [-0.05, 0) is 57.6 Å². The van der Waals surface area contributed by atoms with Crippen LogP contribution in [0.5, 0.6) is 0 Å². The second-order valence-electron chi connectivity index (χ2n) is 13.1. The first-order chi connectivity index (χ1) is 25.3. The lowest BCUT2D eigenvalue weighted by Gasteiger charge is -2.39. The fourth-order valence-corrected chi connectivity index (χ4v) is 10.6. The predicted octanol–water partition coefficient (Wildman–Crippen LogP) is 12.1. The minimum absolute atomic E-state index is 0.415. The molecule has 0 fully saturated rings. The summed E-state index contributed by atoms with van der Waals surface area (Å²) < 4.78 is 2.51. The molecule has 0 atom stereocenters. The number of hydrogen-bond donors (Lipinski definition) is 0. The lowest BCUT2D eigenvalue weighted by atomic mass is 9.67. The van der Waals surface area contributed by atoms with Crippen LogP contribution < -0.4 is 0 Å². The number of hydrogen-bond acceptors (Lipinski definition) is 5. The van der Waals surface area contributed by atoms with Crippen LogP contribution >= 0.6 is 23.1 Å². The summed E-state index contributed by atoms with van der Waals surface area (Å²) in [6, 6.07) is 59.0. The Morgan fingerprint density at radius 2 is 0.922 bits per heavy atom. The van der Waals surface area contributed by atoms with Gasteiger partial charge in [-0.3, -0.25) is 0 Å². The molecule has 238 valence electrons. The summed E-state index contributed by atoms with van der Waals surface area (Å²) in [6.45, 7) is 0. The minimum Gasteiger partial charge on any atom is -0.208 e. The summed E-state index contributed by atoms with van der Waals surface area (Å²) in [5.74, 6) is 2.00. The van der Waals surface area contributed by atoms with E-state index in [1.165, 1.54) is 63.3 Å². The number of thiophene rings is 1. The highest BCUT2D eigenvalue weighted by molar-refractivity contribution is 7.99. The van der Waals surface area contributed by atoms with Crippen molar-refractivity contribution in [3.63, 3.8) is 0 Å². The second kappa shape index (κ2) is 11.1. The van der Waals surface area contributed by atoms with E-state index in [1.54, 1.807) is 0 Å². The molecule has 7 aromatic carbocycles. The first-order valence-corrected chi connectivity index (χ1v) is 18.7. The van der Waals surface area contributed by atoms with Gasteiger partial charge in [-0.2, -0.15) is 0 Å². The fourth-order valence-electron chi connectivity index (χ4n) is 8.22. The summed E-state index contributed by atoms with van der Waals surface area (Å²) >= 11 is 3.64. The molecule has 51 heavy (non-hydrogen) atoms. The van der Waals surface area contributed by atoms with Gasteiger partial charge in [0.15, 0.2) is 17.5 Å². The van der Waals surface area contributed by atoms with Gasteiger partial charge in [0.2, 0.25) is 0 Å². The van der Waals surface area contributed by atoms with E-state index in [0.29, 0.717) is 17.5 Å². The van der Waals surface area contributed by atoms with Gasteiger partial charge in [-0.1, -0.05) is 151 Å². The van der Waals surface area contributed by atoms with Crippen molar-refractivity contribution in [2.24, 2.45) is 0 Å². The molecule has 2 aliphatic rings. The van der Waals surface area contributed by atoms with Gasteiger partial charge in [0.25, 0.3) is 0 Å². The normalized spacial score (nSPS) is 13.6. The van der Waals surface area contributed by atoms with Crippen LogP contribution in [0.2, 0.25) is 0 Å². The molecular weight excluding hydrogens is 659 g/mol. The van der Waals surface area contributed by atoms with Gasteiger partial charge < -0.3 is 0 Å². The molecule has 9 aromatic rings. The molecule has 2 aromatic heterocycles. The van der Waals surface area contributed by atoms with E-state index in [0.717, 1.165) is 16.7 Å². The first-order valence-electron chi connectivity index (χ1n) is 17.1. The van der Waals surface area contributed by atoms with Gasteiger partial charge in [-0.25, -0.2) is 15.0 Å². The van der Waals surface area contributed by atoms with Gasteiger partial charge in [-0.15, -0.1) is 11.3 Å². The average Bonchev–Trinajstić information content (AvgIpc) is 3.72. The van der Waals surface area contributed by atoms with E-state index in [9.17, 15) is 0 Å². The Hall–Kier alpha value is -5.88. The van der Waals surface area contributed by atoms with Crippen molar-refractivity contribution in [1.29, 1.82) is 0 Å². The summed E-state index contributed by atoms with van der Waals surface area (Å²) in [7, 11) is 0. The Labute approximate surface area is 303 Å². The largest absolute Gasteiger partial charge is 0.208 e. The molecule has 0 bridgehead atoms. The van der Waals surface area contributed by atoms with Gasteiger partial charge >= 0.3 is 0 Å². The monoisotopic (exact) mass is 685 g/mol. The maximum atomic E-state index is 5.19. The standard InChI is InChI=1S/C46H27N3S2/c1-2-12-28(13-3-1)43-47-44(29-22-24-34-33-16-6-10-20-39(33)50-41(34)26-29)49-45(48-43)30-23-25-38-42(27-30)51-40-21-11-9-19-37(40)46(38)35-17-7-4-14-31(35)32-15-5-8-18-36(32)46/h1-27H. The third kappa shape index (κ3) is 4.22. The van der Waals surface area contributed by atoms with Crippen molar-refractivity contribution in [3.05, 3.63) is 186 Å². The van der Waals surface area contributed by atoms with Crippen molar-refractivity contribution in [2.75, 3.05) is 0 Å². The Kier molecular flexibility index (Phi) is 6.27. The molecule has 0 radical (unpaired) electrons. The third-order valence-electron chi connectivity index (χ3n) is 10.4. The fraction of sp³-hybridized carbons (Fsp3) is 0.0217. The van der Waals surface area contributed by atoms with Crippen LogP contribution in [0.4, 0.5) is 0 Å². The molecule has 3 heterocycles. The Balaban J connectivity index is 1.12. The molecule has 0 saturated heterocycles. The highest BCUT2D eigenvalue weighted by Gasteiger charge is 2.50. The van der Waals surface area contributed by atoms with E-state index in [1.807, 2.05) is 41.3 Å². The number of nitrogens with zero attached hydrogens (tertiary/aromatic N) is 3. The molecule has 1 spiro atoms. The minimum atomic E-state index is -0.415. The van der Waals surface area contributed by atoms with Crippen LogP contribution in [-0.2, 0) is 5.41 Å². The Morgan fingerprint density at radius 3 is 1.69 bits per heavy atom. The summed E-state index contributed by atoms with van der Waals surface area (Å²) in [4.78, 5) is 17.9. The van der Waals surface area contributed by atoms with Crippen molar-refractivity contribution in [1.82, 2.24) is 15.0 Å². The van der Waals surface area contributed by atoms with Crippen LogP contribution in [0.3, 0.4) is 0 Å². The predicted molar refractivity (Wildman–Crippen MR) is 210 cm³/mol. The quantitative estimate of drug-likeness (QED) is 0.186. The van der Waals surface area contributed by atoms with Crippen LogP contribution in [-0.4, -0.2) is 15.0 Å². The van der Waals surface area contributed by atoms with E-state index in [-0.39, 0.29) is 0 Å². The number of fused-ring (bicyclic) bond motifs is 12. The summed E-state index contributed by atoms with van der Waals surface area (Å²) in [6.07, 6.45) is 0. The van der Waals surface area contributed by atoms with E-state index < -0.39 is 5.41 Å². The van der Waals surface area contributed by atoms with Crippen molar-refractivity contribution < 1.29 is 0 Å². The first kappa shape index (κ1) is 28.9. The smallest absolute Gasteiger partial charge is 0.164 e. The van der Waals surface area contributed by atoms with Gasteiger partial charge in [0.1, 0.15) is 0 Å². The number of rotatable bonds is 3. The second-order valence-corrected chi connectivity index (χ2v) is 15.3. The van der Waals surface area contributed by atoms with Crippen LogP contribution in [0.15, 0.2) is 174 Å². The Morgan fingerprint density at radius 1 is 0.373 bits per heavy atom. The Bertz CT molecular complexity index is 2810. The maximum Gasteiger partial charge on any atom is 0.164 e. The zero-order chi connectivity index (χ0) is 33.5. The van der Waals surface area contributed by atoms with Crippen molar-refractivity contribution in [3.8, 4) is 45.3 Å². The summed E-state index contributed by atoms with van der Waals surface area (Å²) in [5.41, 5.74) is 10.4. The average molecular weight is 686 g/mol. The number of benzene rings is 7. The molecule has 5 heteroatoms. The van der Waals surface area contributed by atoms with Gasteiger partial charge in [0, 0.05) is 46.7 Å². The lowest BCUT2D eigenvalue weighted by molar-refractivity contribution is 0.722. The highest BCUT2D eigenvalue weighted by Crippen LogP contribution is 2.62. The zero-order valence-corrected chi connectivity index (χ0v) is 28.9. The maximum absolute atomic E-state index is 5.19. The zero-order valence-electron chi connectivity index (χ0n) is 27.2.